The Morgan fingerprint density at radius 3 is 2.82 bits per heavy atom. The number of likely N-dealkylation sites (N-methyl/N-ethyl adjacent to an activating group) is 1. The molecule has 0 bridgehead atoms. The first-order chi connectivity index (χ1) is 8.02. The molecule has 1 atom stereocenters. The summed E-state index contributed by atoms with van der Waals surface area (Å²) in [5.74, 6) is -1.05. The van der Waals surface area contributed by atoms with E-state index in [2.05, 4.69) is 16.9 Å². The zero-order valence-electron chi connectivity index (χ0n) is 10.8. The SMILES string of the molecule is CCN(CCc1cnn(C)c1)CC(C)C(=O)O. The van der Waals surface area contributed by atoms with E-state index in [1.807, 2.05) is 19.4 Å². The number of aryl methyl sites for hydroxylation is 1. The summed E-state index contributed by atoms with van der Waals surface area (Å²) >= 11 is 0. The van der Waals surface area contributed by atoms with Crippen LogP contribution in [0.25, 0.3) is 0 Å². The highest BCUT2D eigenvalue weighted by Crippen LogP contribution is 2.04. The summed E-state index contributed by atoms with van der Waals surface area (Å²) in [6.07, 6.45) is 4.76. The number of aromatic nitrogens is 2. The first-order valence-corrected chi connectivity index (χ1v) is 5.95. The third-order valence-corrected chi connectivity index (χ3v) is 2.88. The van der Waals surface area contributed by atoms with Crippen molar-refractivity contribution in [3.63, 3.8) is 0 Å². The third kappa shape index (κ3) is 4.56. The molecule has 1 unspecified atom stereocenters. The lowest BCUT2D eigenvalue weighted by molar-refractivity contribution is -0.141. The summed E-state index contributed by atoms with van der Waals surface area (Å²) in [6.45, 7) is 6.15. The van der Waals surface area contributed by atoms with Crippen molar-refractivity contribution in [3.8, 4) is 0 Å². The van der Waals surface area contributed by atoms with Gasteiger partial charge in [-0.2, -0.15) is 5.10 Å². The number of carboxylic acid groups (broad SMARTS) is 1. The molecule has 0 aliphatic carbocycles. The molecule has 0 aliphatic rings. The second-order valence-corrected chi connectivity index (χ2v) is 4.40. The van der Waals surface area contributed by atoms with Crippen LogP contribution in [-0.4, -0.2) is 45.4 Å². The molecule has 0 amide bonds. The van der Waals surface area contributed by atoms with Crippen LogP contribution in [0.4, 0.5) is 0 Å². The van der Waals surface area contributed by atoms with Gasteiger partial charge in [-0.1, -0.05) is 13.8 Å². The Balaban J connectivity index is 2.39. The van der Waals surface area contributed by atoms with Crippen LogP contribution < -0.4 is 0 Å². The van der Waals surface area contributed by atoms with Gasteiger partial charge in [0.25, 0.3) is 0 Å². The van der Waals surface area contributed by atoms with Gasteiger partial charge in [-0.25, -0.2) is 0 Å². The quantitative estimate of drug-likeness (QED) is 0.771. The average Bonchev–Trinajstić information content (AvgIpc) is 2.69. The van der Waals surface area contributed by atoms with E-state index in [0.717, 1.165) is 19.5 Å². The molecule has 1 rings (SSSR count). The van der Waals surface area contributed by atoms with Gasteiger partial charge in [0.1, 0.15) is 0 Å². The molecule has 0 radical (unpaired) electrons. The molecule has 1 aromatic heterocycles. The predicted molar refractivity (Wildman–Crippen MR) is 65.8 cm³/mol. The van der Waals surface area contributed by atoms with Crippen LogP contribution in [-0.2, 0) is 18.3 Å². The van der Waals surface area contributed by atoms with E-state index in [1.165, 1.54) is 5.56 Å². The fraction of sp³-hybridized carbons (Fsp3) is 0.667. The summed E-state index contributed by atoms with van der Waals surface area (Å²) in [5, 5.41) is 13.0. The summed E-state index contributed by atoms with van der Waals surface area (Å²) in [7, 11) is 1.90. The minimum absolute atomic E-state index is 0.316. The van der Waals surface area contributed by atoms with E-state index in [-0.39, 0.29) is 5.92 Å². The summed E-state index contributed by atoms with van der Waals surface area (Å²) in [5.41, 5.74) is 1.19. The van der Waals surface area contributed by atoms with Crippen molar-refractivity contribution < 1.29 is 9.90 Å². The van der Waals surface area contributed by atoms with Gasteiger partial charge in [-0.15, -0.1) is 0 Å². The lowest BCUT2D eigenvalue weighted by Gasteiger charge is -2.22. The Kier molecular flexibility index (Phi) is 5.15. The fourth-order valence-electron chi connectivity index (χ4n) is 1.73. The molecule has 0 saturated heterocycles. The van der Waals surface area contributed by atoms with E-state index < -0.39 is 5.97 Å². The van der Waals surface area contributed by atoms with Crippen LogP contribution in [0.3, 0.4) is 0 Å². The Morgan fingerprint density at radius 1 is 1.65 bits per heavy atom. The number of carbonyl (C=O) groups is 1. The number of nitrogens with zero attached hydrogens (tertiary/aromatic N) is 3. The molecule has 5 heteroatoms. The van der Waals surface area contributed by atoms with Crippen molar-refractivity contribution >= 4 is 5.97 Å². The molecule has 96 valence electrons. The summed E-state index contributed by atoms with van der Waals surface area (Å²) < 4.78 is 1.78. The Hall–Kier alpha value is -1.36. The van der Waals surface area contributed by atoms with Crippen LogP contribution in [0, 0.1) is 5.92 Å². The monoisotopic (exact) mass is 239 g/mol. The molecule has 0 aliphatic heterocycles. The smallest absolute Gasteiger partial charge is 0.307 e. The number of aliphatic carboxylic acids is 1. The van der Waals surface area contributed by atoms with Crippen LogP contribution in [0.5, 0.6) is 0 Å². The molecule has 1 aromatic rings. The first-order valence-electron chi connectivity index (χ1n) is 5.95. The van der Waals surface area contributed by atoms with Gasteiger partial charge in [0.05, 0.1) is 12.1 Å². The van der Waals surface area contributed by atoms with Gasteiger partial charge < -0.3 is 10.0 Å². The zero-order valence-corrected chi connectivity index (χ0v) is 10.8. The largest absolute Gasteiger partial charge is 0.481 e. The van der Waals surface area contributed by atoms with E-state index in [1.54, 1.807) is 11.6 Å². The topological polar surface area (TPSA) is 58.4 Å². The second-order valence-electron chi connectivity index (χ2n) is 4.40. The molecule has 1 N–H and O–H groups in total. The Bertz CT molecular complexity index is 362. The van der Waals surface area contributed by atoms with Gasteiger partial charge in [-0.3, -0.25) is 9.48 Å². The van der Waals surface area contributed by atoms with E-state index in [4.69, 9.17) is 5.11 Å². The fourth-order valence-corrected chi connectivity index (χ4v) is 1.73. The van der Waals surface area contributed by atoms with E-state index in [9.17, 15) is 4.79 Å². The van der Waals surface area contributed by atoms with Crippen molar-refractivity contribution in [2.75, 3.05) is 19.6 Å². The Labute approximate surface area is 102 Å². The summed E-state index contributed by atoms with van der Waals surface area (Å²) in [6, 6.07) is 0. The normalized spacial score (nSPS) is 12.9. The van der Waals surface area contributed by atoms with Crippen molar-refractivity contribution in [1.29, 1.82) is 0 Å². The van der Waals surface area contributed by atoms with Crippen molar-refractivity contribution in [1.82, 2.24) is 14.7 Å². The maximum Gasteiger partial charge on any atom is 0.307 e. The van der Waals surface area contributed by atoms with Crippen molar-refractivity contribution in [3.05, 3.63) is 18.0 Å². The molecular formula is C12H21N3O2. The maximum absolute atomic E-state index is 10.8. The van der Waals surface area contributed by atoms with Gasteiger partial charge >= 0.3 is 5.97 Å². The third-order valence-electron chi connectivity index (χ3n) is 2.88. The highest BCUT2D eigenvalue weighted by molar-refractivity contribution is 5.69. The average molecular weight is 239 g/mol. The van der Waals surface area contributed by atoms with Gasteiger partial charge in [0, 0.05) is 26.3 Å². The minimum Gasteiger partial charge on any atom is -0.481 e. The molecule has 0 spiro atoms. The van der Waals surface area contributed by atoms with Gasteiger partial charge in [0.15, 0.2) is 0 Å². The van der Waals surface area contributed by atoms with Gasteiger partial charge in [-0.05, 0) is 18.5 Å². The molecule has 0 saturated carbocycles. The lowest BCUT2D eigenvalue weighted by Crippen LogP contribution is -2.33. The van der Waals surface area contributed by atoms with Crippen LogP contribution in [0.15, 0.2) is 12.4 Å². The molecule has 0 fully saturated rings. The molecule has 0 aromatic carbocycles. The Morgan fingerprint density at radius 2 is 2.35 bits per heavy atom. The van der Waals surface area contributed by atoms with Crippen molar-refractivity contribution in [2.45, 2.75) is 20.3 Å². The molecule has 1 heterocycles. The number of hydrogen-bond donors (Lipinski definition) is 1. The lowest BCUT2D eigenvalue weighted by atomic mass is 10.1. The summed E-state index contributed by atoms with van der Waals surface area (Å²) in [4.78, 5) is 12.9. The highest BCUT2D eigenvalue weighted by atomic mass is 16.4. The van der Waals surface area contributed by atoms with Crippen molar-refractivity contribution in [2.24, 2.45) is 13.0 Å². The van der Waals surface area contributed by atoms with Crippen LogP contribution in [0.1, 0.15) is 19.4 Å². The number of hydrogen-bond acceptors (Lipinski definition) is 3. The first kappa shape index (κ1) is 13.7. The highest BCUT2D eigenvalue weighted by Gasteiger charge is 2.14. The number of rotatable bonds is 7. The maximum atomic E-state index is 10.8. The predicted octanol–water partition coefficient (Wildman–Crippen LogP) is 1.01. The zero-order chi connectivity index (χ0) is 12.8. The van der Waals surface area contributed by atoms with Gasteiger partial charge in [0.2, 0.25) is 0 Å². The standard InChI is InChI=1S/C12H21N3O2/c1-4-15(8-10(2)12(16)17)6-5-11-7-13-14(3)9-11/h7,9-10H,4-6,8H2,1-3H3,(H,16,17). The van der Waals surface area contributed by atoms with Crippen LogP contribution >= 0.6 is 0 Å². The minimum atomic E-state index is -0.732. The molecular weight excluding hydrogens is 218 g/mol. The van der Waals surface area contributed by atoms with E-state index >= 15 is 0 Å². The molecule has 17 heavy (non-hydrogen) atoms. The molecule has 5 nitrogen and oxygen atoms in total. The van der Waals surface area contributed by atoms with Crippen LogP contribution in [0.2, 0.25) is 0 Å². The number of carboxylic acids is 1. The second kappa shape index (κ2) is 6.39. The van der Waals surface area contributed by atoms with E-state index in [0.29, 0.717) is 6.54 Å².